The molecule has 172 valence electrons. The molecule has 1 saturated heterocycles. The first-order valence-electron chi connectivity index (χ1n) is 10.8. The van der Waals surface area contributed by atoms with Crippen molar-refractivity contribution in [2.75, 3.05) is 33.3 Å². The number of benzene rings is 3. The molecule has 1 fully saturated rings. The van der Waals surface area contributed by atoms with Crippen LogP contribution in [-0.2, 0) is 13.2 Å². The van der Waals surface area contributed by atoms with Crippen LogP contribution >= 0.6 is 23.2 Å². The Bertz CT molecular complexity index is 1100. The number of piperazine rings is 1. The zero-order chi connectivity index (χ0) is 23.2. The minimum Gasteiger partial charge on any atom is -0.496 e. The van der Waals surface area contributed by atoms with E-state index in [9.17, 15) is 4.79 Å². The number of hydrogen-bond donors (Lipinski definition) is 0. The number of rotatable bonds is 7. The summed E-state index contributed by atoms with van der Waals surface area (Å²) in [5.41, 5.74) is 2.63. The summed E-state index contributed by atoms with van der Waals surface area (Å²) in [6.07, 6.45) is 0. The minimum atomic E-state index is 0.0211. The summed E-state index contributed by atoms with van der Waals surface area (Å²) in [7, 11) is 1.61. The van der Waals surface area contributed by atoms with Crippen molar-refractivity contribution < 1.29 is 14.3 Å². The Labute approximate surface area is 204 Å². The Morgan fingerprint density at radius 2 is 1.67 bits per heavy atom. The van der Waals surface area contributed by atoms with Gasteiger partial charge in [-0.1, -0.05) is 35.3 Å². The third kappa shape index (κ3) is 6.20. The highest BCUT2D eigenvalue weighted by Crippen LogP contribution is 2.24. The molecule has 3 aromatic rings. The van der Waals surface area contributed by atoms with Crippen LogP contribution in [0.3, 0.4) is 0 Å². The SMILES string of the molecule is COc1ccc(C(=O)N2CCN(Cc3cccc(Cl)c3)CC2)cc1COc1ccc(Cl)cc1. The van der Waals surface area contributed by atoms with Gasteiger partial charge in [0.2, 0.25) is 0 Å². The molecule has 0 N–H and O–H groups in total. The van der Waals surface area contributed by atoms with Gasteiger partial charge in [0.05, 0.1) is 7.11 Å². The van der Waals surface area contributed by atoms with Crippen molar-refractivity contribution in [3.8, 4) is 11.5 Å². The first kappa shape index (κ1) is 23.4. The predicted octanol–water partition coefficient (Wildman–Crippen LogP) is 5.54. The van der Waals surface area contributed by atoms with Gasteiger partial charge in [0.15, 0.2) is 0 Å². The highest BCUT2D eigenvalue weighted by atomic mass is 35.5. The molecular formula is C26H26Cl2N2O3. The summed E-state index contributed by atoms with van der Waals surface area (Å²) >= 11 is 12.0. The van der Waals surface area contributed by atoms with Gasteiger partial charge < -0.3 is 14.4 Å². The fourth-order valence-corrected chi connectivity index (χ4v) is 4.24. The standard InChI is InChI=1S/C26H26Cl2N2O3/c1-32-25-10-5-20(16-21(25)18-33-24-8-6-22(27)7-9-24)26(31)30-13-11-29(12-14-30)17-19-3-2-4-23(28)15-19/h2-10,15-16H,11-14,17-18H2,1H3. The molecule has 0 spiro atoms. The summed E-state index contributed by atoms with van der Waals surface area (Å²) in [5, 5.41) is 1.40. The largest absolute Gasteiger partial charge is 0.496 e. The topological polar surface area (TPSA) is 42.0 Å². The van der Waals surface area contributed by atoms with E-state index in [0.717, 1.165) is 30.2 Å². The van der Waals surface area contributed by atoms with Gasteiger partial charge in [0, 0.05) is 53.9 Å². The maximum absolute atomic E-state index is 13.2. The third-order valence-corrected chi connectivity index (χ3v) is 6.18. The molecule has 0 saturated carbocycles. The number of carbonyl (C=O) groups excluding carboxylic acids is 1. The van der Waals surface area contributed by atoms with Gasteiger partial charge in [0.1, 0.15) is 18.1 Å². The number of hydrogen-bond acceptors (Lipinski definition) is 4. The molecule has 4 rings (SSSR count). The molecule has 0 radical (unpaired) electrons. The predicted molar refractivity (Wildman–Crippen MR) is 131 cm³/mol. The third-order valence-electron chi connectivity index (χ3n) is 5.69. The maximum atomic E-state index is 13.2. The van der Waals surface area contributed by atoms with Crippen molar-refractivity contribution in [1.82, 2.24) is 9.80 Å². The van der Waals surface area contributed by atoms with Crippen LogP contribution in [0.1, 0.15) is 21.5 Å². The van der Waals surface area contributed by atoms with Crippen molar-refractivity contribution in [2.24, 2.45) is 0 Å². The van der Waals surface area contributed by atoms with E-state index >= 15 is 0 Å². The van der Waals surface area contributed by atoms with Crippen LogP contribution in [0.2, 0.25) is 10.0 Å². The zero-order valence-electron chi connectivity index (χ0n) is 18.5. The Morgan fingerprint density at radius 3 is 2.36 bits per heavy atom. The average molecular weight is 485 g/mol. The molecule has 0 atom stereocenters. The second-order valence-corrected chi connectivity index (χ2v) is 8.84. The van der Waals surface area contributed by atoms with Gasteiger partial charge in [-0.2, -0.15) is 0 Å². The van der Waals surface area contributed by atoms with E-state index in [0.29, 0.717) is 41.8 Å². The number of nitrogens with zero attached hydrogens (tertiary/aromatic N) is 2. The number of methoxy groups -OCH3 is 1. The Kier molecular flexibility index (Phi) is 7.76. The molecule has 0 bridgehead atoms. The van der Waals surface area contributed by atoms with Gasteiger partial charge in [-0.3, -0.25) is 9.69 Å². The lowest BCUT2D eigenvalue weighted by Crippen LogP contribution is -2.48. The minimum absolute atomic E-state index is 0.0211. The van der Waals surface area contributed by atoms with Crippen LogP contribution in [-0.4, -0.2) is 49.0 Å². The Hall–Kier alpha value is -2.73. The molecule has 1 amide bonds. The van der Waals surface area contributed by atoms with Gasteiger partial charge in [-0.05, 0) is 60.2 Å². The Balaban J connectivity index is 1.37. The Morgan fingerprint density at radius 1 is 0.909 bits per heavy atom. The highest BCUT2D eigenvalue weighted by Gasteiger charge is 2.23. The van der Waals surface area contributed by atoms with Gasteiger partial charge in [-0.15, -0.1) is 0 Å². The molecule has 0 unspecified atom stereocenters. The molecule has 1 aliphatic heterocycles. The summed E-state index contributed by atoms with van der Waals surface area (Å²) in [6, 6.07) is 20.6. The molecule has 5 nitrogen and oxygen atoms in total. The van der Waals surface area contributed by atoms with Crippen molar-refractivity contribution in [3.63, 3.8) is 0 Å². The second kappa shape index (κ2) is 10.9. The van der Waals surface area contributed by atoms with E-state index in [4.69, 9.17) is 32.7 Å². The fourth-order valence-electron chi connectivity index (χ4n) is 3.90. The fraction of sp³-hybridized carbons (Fsp3) is 0.269. The van der Waals surface area contributed by atoms with Crippen LogP contribution in [0.5, 0.6) is 11.5 Å². The van der Waals surface area contributed by atoms with Crippen LogP contribution in [0, 0.1) is 0 Å². The van der Waals surface area contributed by atoms with Crippen molar-refractivity contribution in [3.05, 3.63) is 93.5 Å². The molecular weight excluding hydrogens is 459 g/mol. The highest BCUT2D eigenvalue weighted by molar-refractivity contribution is 6.30. The van der Waals surface area contributed by atoms with Crippen LogP contribution in [0.25, 0.3) is 0 Å². The average Bonchev–Trinajstić information content (AvgIpc) is 2.83. The summed E-state index contributed by atoms with van der Waals surface area (Å²) in [6.45, 7) is 4.13. The van der Waals surface area contributed by atoms with Crippen LogP contribution in [0.15, 0.2) is 66.7 Å². The van der Waals surface area contributed by atoms with E-state index in [-0.39, 0.29) is 5.91 Å². The lowest BCUT2D eigenvalue weighted by atomic mass is 10.1. The van der Waals surface area contributed by atoms with Crippen molar-refractivity contribution in [2.45, 2.75) is 13.2 Å². The summed E-state index contributed by atoms with van der Waals surface area (Å²) < 4.78 is 11.3. The summed E-state index contributed by atoms with van der Waals surface area (Å²) in [4.78, 5) is 17.4. The van der Waals surface area contributed by atoms with E-state index in [1.165, 1.54) is 5.56 Å². The number of halogens is 2. The smallest absolute Gasteiger partial charge is 0.253 e. The number of ether oxygens (including phenoxy) is 2. The first-order valence-corrected chi connectivity index (χ1v) is 11.6. The van der Waals surface area contributed by atoms with E-state index in [2.05, 4.69) is 11.0 Å². The maximum Gasteiger partial charge on any atom is 0.253 e. The van der Waals surface area contributed by atoms with Gasteiger partial charge in [0.25, 0.3) is 5.91 Å². The zero-order valence-corrected chi connectivity index (χ0v) is 20.0. The van der Waals surface area contributed by atoms with E-state index in [1.807, 2.05) is 53.4 Å². The number of carbonyl (C=O) groups is 1. The lowest BCUT2D eigenvalue weighted by Gasteiger charge is -2.35. The molecule has 7 heteroatoms. The van der Waals surface area contributed by atoms with Crippen LogP contribution < -0.4 is 9.47 Å². The number of amides is 1. The molecule has 1 heterocycles. The first-order chi connectivity index (χ1) is 16.0. The van der Waals surface area contributed by atoms with E-state index < -0.39 is 0 Å². The van der Waals surface area contributed by atoms with E-state index in [1.54, 1.807) is 19.2 Å². The van der Waals surface area contributed by atoms with Gasteiger partial charge >= 0.3 is 0 Å². The van der Waals surface area contributed by atoms with Gasteiger partial charge in [-0.25, -0.2) is 0 Å². The lowest BCUT2D eigenvalue weighted by molar-refractivity contribution is 0.0628. The molecule has 1 aliphatic rings. The monoisotopic (exact) mass is 484 g/mol. The second-order valence-electron chi connectivity index (χ2n) is 7.97. The van der Waals surface area contributed by atoms with Crippen LogP contribution in [0.4, 0.5) is 0 Å². The van der Waals surface area contributed by atoms with Crippen molar-refractivity contribution in [1.29, 1.82) is 0 Å². The quantitative estimate of drug-likeness (QED) is 0.441. The molecule has 3 aromatic carbocycles. The molecule has 0 aliphatic carbocycles. The van der Waals surface area contributed by atoms with Crippen molar-refractivity contribution >= 4 is 29.1 Å². The molecule has 0 aromatic heterocycles. The molecule has 33 heavy (non-hydrogen) atoms. The summed E-state index contributed by atoms with van der Waals surface area (Å²) in [5.74, 6) is 1.41. The normalized spacial score (nSPS) is 14.2.